The summed E-state index contributed by atoms with van der Waals surface area (Å²) in [7, 11) is 1.56. The number of nitrogens with zero attached hydrogens (tertiary/aromatic N) is 2. The second-order valence-corrected chi connectivity index (χ2v) is 2.57. The van der Waals surface area contributed by atoms with E-state index in [1.807, 2.05) is 6.07 Å². The molecule has 1 N–H and O–H groups in total. The number of rotatable bonds is 7. The van der Waals surface area contributed by atoms with Crippen LogP contribution in [0.5, 0.6) is 0 Å². The number of ether oxygens (including phenoxy) is 1. The van der Waals surface area contributed by atoms with E-state index in [9.17, 15) is 4.79 Å². The van der Waals surface area contributed by atoms with Crippen LogP contribution in [0.3, 0.4) is 0 Å². The zero-order valence-electron chi connectivity index (χ0n) is 7.69. The summed E-state index contributed by atoms with van der Waals surface area (Å²) in [5.41, 5.74) is 0. The Balaban J connectivity index is 3.74. The van der Waals surface area contributed by atoms with Gasteiger partial charge in [0.1, 0.15) is 0 Å². The number of nitriles is 1. The molecule has 0 aliphatic carbocycles. The van der Waals surface area contributed by atoms with Crippen molar-refractivity contribution in [1.29, 1.82) is 5.26 Å². The van der Waals surface area contributed by atoms with Gasteiger partial charge in [0.05, 0.1) is 19.2 Å². The van der Waals surface area contributed by atoms with E-state index in [0.717, 1.165) is 0 Å². The molecule has 0 radical (unpaired) electrons. The largest absolute Gasteiger partial charge is 0.480 e. The van der Waals surface area contributed by atoms with E-state index >= 15 is 0 Å². The fourth-order valence-electron chi connectivity index (χ4n) is 0.890. The Morgan fingerprint density at radius 1 is 1.62 bits per heavy atom. The van der Waals surface area contributed by atoms with Crippen LogP contribution in [-0.2, 0) is 9.53 Å². The van der Waals surface area contributed by atoms with Crippen LogP contribution in [0.25, 0.3) is 0 Å². The van der Waals surface area contributed by atoms with Crippen LogP contribution in [0.1, 0.15) is 6.42 Å². The molecule has 0 saturated carbocycles. The van der Waals surface area contributed by atoms with E-state index in [1.54, 1.807) is 12.0 Å². The van der Waals surface area contributed by atoms with E-state index in [-0.39, 0.29) is 6.54 Å². The third-order valence-electron chi connectivity index (χ3n) is 1.51. The average molecular weight is 186 g/mol. The molecule has 5 nitrogen and oxygen atoms in total. The van der Waals surface area contributed by atoms with Gasteiger partial charge in [0, 0.05) is 26.6 Å². The molecule has 0 saturated heterocycles. The minimum Gasteiger partial charge on any atom is -0.480 e. The van der Waals surface area contributed by atoms with Gasteiger partial charge in [0.2, 0.25) is 0 Å². The van der Waals surface area contributed by atoms with Crippen molar-refractivity contribution in [3.8, 4) is 6.07 Å². The van der Waals surface area contributed by atoms with Gasteiger partial charge in [-0.3, -0.25) is 9.69 Å². The summed E-state index contributed by atoms with van der Waals surface area (Å²) in [6, 6.07) is 1.97. The molecule has 0 aromatic rings. The Morgan fingerprint density at radius 2 is 2.31 bits per heavy atom. The number of carboxylic acid groups (broad SMARTS) is 1. The predicted octanol–water partition coefficient (Wildman–Crippen LogP) is -0.0669. The Labute approximate surface area is 77.5 Å². The minimum absolute atomic E-state index is 0.0367. The zero-order valence-corrected chi connectivity index (χ0v) is 7.69. The van der Waals surface area contributed by atoms with Crippen molar-refractivity contribution in [2.75, 3.05) is 33.4 Å². The molecule has 0 atom stereocenters. The second-order valence-electron chi connectivity index (χ2n) is 2.57. The van der Waals surface area contributed by atoms with Crippen molar-refractivity contribution in [3.05, 3.63) is 0 Å². The third-order valence-corrected chi connectivity index (χ3v) is 1.51. The first kappa shape index (κ1) is 11.9. The summed E-state index contributed by atoms with van der Waals surface area (Å²) in [6.45, 7) is 1.47. The highest BCUT2D eigenvalue weighted by atomic mass is 16.5. The summed E-state index contributed by atoms with van der Waals surface area (Å²) in [4.78, 5) is 12.0. The lowest BCUT2D eigenvalue weighted by Gasteiger charge is -2.17. The Hall–Kier alpha value is -1.12. The van der Waals surface area contributed by atoms with Gasteiger partial charge >= 0.3 is 5.97 Å². The first-order valence-corrected chi connectivity index (χ1v) is 4.00. The molecular weight excluding hydrogens is 172 g/mol. The van der Waals surface area contributed by atoms with E-state index in [2.05, 4.69) is 0 Å². The molecule has 0 bridgehead atoms. The fourth-order valence-corrected chi connectivity index (χ4v) is 0.890. The van der Waals surface area contributed by atoms with Crippen molar-refractivity contribution in [2.45, 2.75) is 6.42 Å². The molecule has 0 rings (SSSR count). The lowest BCUT2D eigenvalue weighted by atomic mass is 10.4. The van der Waals surface area contributed by atoms with Gasteiger partial charge in [-0.25, -0.2) is 0 Å². The summed E-state index contributed by atoms with van der Waals surface area (Å²) >= 11 is 0. The minimum atomic E-state index is -0.881. The van der Waals surface area contributed by atoms with Crippen LogP contribution in [0.2, 0.25) is 0 Å². The van der Waals surface area contributed by atoms with Gasteiger partial charge in [0.15, 0.2) is 0 Å². The lowest BCUT2D eigenvalue weighted by molar-refractivity contribution is -0.138. The first-order chi connectivity index (χ1) is 6.20. The average Bonchev–Trinajstić information content (AvgIpc) is 2.09. The lowest BCUT2D eigenvalue weighted by Crippen LogP contribution is -2.33. The van der Waals surface area contributed by atoms with Crippen LogP contribution < -0.4 is 0 Å². The SMILES string of the molecule is COCCN(CCC#N)CC(=O)O. The monoisotopic (exact) mass is 186 g/mol. The van der Waals surface area contributed by atoms with Gasteiger partial charge in [-0.1, -0.05) is 0 Å². The number of hydrogen-bond acceptors (Lipinski definition) is 4. The van der Waals surface area contributed by atoms with Gasteiger partial charge < -0.3 is 9.84 Å². The molecule has 5 heteroatoms. The quantitative estimate of drug-likeness (QED) is 0.602. The topological polar surface area (TPSA) is 73.6 Å². The highest BCUT2D eigenvalue weighted by Crippen LogP contribution is 1.90. The van der Waals surface area contributed by atoms with Gasteiger partial charge in [-0.05, 0) is 0 Å². The third kappa shape index (κ3) is 7.25. The van der Waals surface area contributed by atoms with E-state index < -0.39 is 5.97 Å². The van der Waals surface area contributed by atoms with E-state index in [4.69, 9.17) is 15.1 Å². The maximum absolute atomic E-state index is 10.4. The molecule has 13 heavy (non-hydrogen) atoms. The molecule has 0 aromatic heterocycles. The molecule has 0 heterocycles. The Kier molecular flexibility index (Phi) is 6.88. The maximum Gasteiger partial charge on any atom is 0.317 e. The number of carbonyl (C=O) groups is 1. The van der Waals surface area contributed by atoms with Crippen LogP contribution in [-0.4, -0.2) is 49.3 Å². The molecule has 74 valence electrons. The molecule has 0 spiro atoms. The van der Waals surface area contributed by atoms with Crippen LogP contribution in [0, 0.1) is 11.3 Å². The van der Waals surface area contributed by atoms with Crippen LogP contribution >= 0.6 is 0 Å². The van der Waals surface area contributed by atoms with Gasteiger partial charge in [0.25, 0.3) is 0 Å². The highest BCUT2D eigenvalue weighted by molar-refractivity contribution is 5.69. The normalized spacial score (nSPS) is 9.92. The molecule has 0 unspecified atom stereocenters. The molecule has 0 amide bonds. The van der Waals surface area contributed by atoms with Crippen LogP contribution in [0.15, 0.2) is 0 Å². The summed E-state index contributed by atoms with van der Waals surface area (Å²) in [6.07, 6.45) is 0.344. The molecular formula is C8H14N2O3. The van der Waals surface area contributed by atoms with Crippen molar-refractivity contribution >= 4 is 5.97 Å². The van der Waals surface area contributed by atoms with Crippen molar-refractivity contribution in [3.63, 3.8) is 0 Å². The molecule has 0 aliphatic heterocycles. The van der Waals surface area contributed by atoms with E-state index in [0.29, 0.717) is 26.1 Å². The first-order valence-electron chi connectivity index (χ1n) is 4.00. The Morgan fingerprint density at radius 3 is 2.77 bits per heavy atom. The van der Waals surface area contributed by atoms with Gasteiger partial charge in [-0.2, -0.15) is 5.26 Å². The zero-order chi connectivity index (χ0) is 10.1. The molecule has 0 fully saturated rings. The predicted molar refractivity (Wildman–Crippen MR) is 46.2 cm³/mol. The number of hydrogen-bond donors (Lipinski definition) is 1. The fraction of sp³-hybridized carbons (Fsp3) is 0.750. The number of aliphatic carboxylic acids is 1. The van der Waals surface area contributed by atoms with Crippen LogP contribution in [0.4, 0.5) is 0 Å². The smallest absolute Gasteiger partial charge is 0.317 e. The van der Waals surface area contributed by atoms with E-state index in [1.165, 1.54) is 0 Å². The maximum atomic E-state index is 10.4. The summed E-state index contributed by atoms with van der Waals surface area (Å²) in [5.74, 6) is -0.881. The van der Waals surface area contributed by atoms with Gasteiger partial charge in [-0.15, -0.1) is 0 Å². The summed E-state index contributed by atoms with van der Waals surface area (Å²) < 4.78 is 4.82. The molecule has 0 aliphatic rings. The highest BCUT2D eigenvalue weighted by Gasteiger charge is 2.08. The Bertz CT molecular complexity index is 188. The van der Waals surface area contributed by atoms with Crippen molar-refractivity contribution in [1.82, 2.24) is 4.90 Å². The summed E-state index contributed by atoms with van der Waals surface area (Å²) in [5, 5.41) is 16.8. The van der Waals surface area contributed by atoms with Crippen molar-refractivity contribution in [2.24, 2.45) is 0 Å². The number of carboxylic acids is 1. The number of methoxy groups -OCH3 is 1. The van der Waals surface area contributed by atoms with Crippen molar-refractivity contribution < 1.29 is 14.6 Å². The standard InChI is InChI=1S/C8H14N2O3/c1-13-6-5-10(4-2-3-9)7-8(11)12/h2,4-7H2,1H3,(H,11,12). The molecule has 0 aromatic carbocycles. The second kappa shape index (κ2) is 7.53.